The number of aromatic nitrogens is 6. The predicted molar refractivity (Wildman–Crippen MR) is 208 cm³/mol. The maximum Gasteiger partial charge on any atom is 0.490 e. The van der Waals surface area contributed by atoms with E-state index < -0.39 is 90.8 Å². The van der Waals surface area contributed by atoms with Gasteiger partial charge in [-0.2, -0.15) is 13.6 Å². The third-order valence-corrected chi connectivity index (χ3v) is 14.0. The minimum atomic E-state index is -6.04. The molecule has 0 aliphatic carbocycles. The number of aliphatic imine (C=N–C) groups is 1. The maximum absolute atomic E-state index is 13.0. The number of nitrogens with one attached hydrogen (secondary N) is 2. The molecule has 0 saturated carbocycles. The van der Waals surface area contributed by atoms with Gasteiger partial charge in [0.05, 0.1) is 25.2 Å². The zero-order valence-corrected chi connectivity index (χ0v) is 35.2. The van der Waals surface area contributed by atoms with Gasteiger partial charge >= 0.3 is 29.1 Å². The van der Waals surface area contributed by atoms with E-state index in [0.29, 0.717) is 10.8 Å². The van der Waals surface area contributed by atoms with Crippen LogP contribution in [0.4, 0.5) is 11.8 Å². The third kappa shape index (κ3) is 9.52. The highest BCUT2D eigenvalue weighted by Crippen LogP contribution is 2.68. The first-order valence-corrected chi connectivity index (χ1v) is 22.6. The van der Waals surface area contributed by atoms with Crippen molar-refractivity contribution in [3.63, 3.8) is 0 Å². The highest BCUT2D eigenvalue weighted by atomic mass is 35.5. The number of nitrogens with zero attached hydrogens (tertiary/aromatic N) is 6. The van der Waals surface area contributed by atoms with E-state index in [9.17, 15) is 53.6 Å². The zero-order valence-electron chi connectivity index (χ0n) is 31.7. The number of guanidine groups is 1. The second kappa shape index (κ2) is 17.1. The Morgan fingerprint density at radius 1 is 1.00 bits per heavy atom. The summed E-state index contributed by atoms with van der Waals surface area (Å²) < 4.78 is 76.6. The number of nitrogen functional groups attached to an aromatic ring is 1. The van der Waals surface area contributed by atoms with Gasteiger partial charge in [-0.05, 0) is 31.2 Å². The van der Waals surface area contributed by atoms with Gasteiger partial charge in [-0.1, -0.05) is 23.2 Å². The molecule has 338 valence electrons. The highest BCUT2D eigenvalue weighted by Gasteiger charge is 2.57. The molecule has 62 heavy (non-hydrogen) atoms. The average molecular weight is 956 g/mol. The lowest BCUT2D eigenvalue weighted by atomic mass is 9.96. The lowest BCUT2D eigenvalue weighted by Crippen LogP contribution is -2.53. The topological polar surface area (TPSA) is 406 Å². The van der Waals surface area contributed by atoms with Crippen molar-refractivity contribution in [2.45, 2.75) is 62.0 Å². The van der Waals surface area contributed by atoms with Crippen molar-refractivity contribution >= 4 is 69.7 Å². The number of fused-ring (bicyclic) bond motifs is 2. The number of phosphoric ester groups is 2. The number of aliphatic hydroxyl groups is 4. The first-order valence-electron chi connectivity index (χ1n) is 17.8. The van der Waals surface area contributed by atoms with E-state index in [4.69, 9.17) is 41.8 Å². The van der Waals surface area contributed by atoms with Crippen LogP contribution in [0.1, 0.15) is 25.1 Å². The molecular formula is C30H39ClN10O18P3+. The molecule has 32 heteroatoms. The number of hydrogen-bond acceptors (Lipinski definition) is 21. The van der Waals surface area contributed by atoms with E-state index in [2.05, 4.69) is 45.0 Å². The highest BCUT2D eigenvalue weighted by molar-refractivity contribution is 7.66. The standard InChI is InChI=1S/C30H38ClN10O18P3/c1-13-18-23(36-28(32)35-13)40(11-34-18)26-21(43)20(42)16(56-26)9-54-60(47,48)58-62(51,52)59-61(49,50)55-10-17-22(44)30(2,46)27(57-17)41-12-39(19-24(41)37-29(33)38-25(19)45)7-8-53-15-5-3-14(31)4-6-15/h3-6,11-12,16-17,20-22,26-27,42-44,46H,1,7-10H2,2H3,(H8-,32,33,35,36,37,38,45,47,48,49,50,51,52)/p+1/t16?,17-,20-,21-,22-,26-,27?,30-/m1/s1. The lowest BCUT2D eigenvalue weighted by Gasteiger charge is -2.25. The SMILES string of the molecule is C=C1NC(N)=Nc2c1ncn2[C@@H]1OC(COP(=O)(O)OP(=O)(O)OP(=O)(O)OC[C@H]2OC([n+]3cn(CCOc4ccc(Cl)cc4)c4c(=O)[nH]c(N)nc43)[C@](C)(O)[C@@H]2O)[C@@H](O)[C@H]1O. The minimum absolute atomic E-state index is 0.0255. The van der Waals surface area contributed by atoms with Crippen LogP contribution in [0.5, 0.6) is 5.75 Å². The predicted octanol–water partition coefficient (Wildman–Crippen LogP) is -1.26. The average Bonchev–Trinajstić information content (AvgIpc) is 3.88. The molecule has 5 unspecified atom stereocenters. The van der Waals surface area contributed by atoms with E-state index in [1.807, 2.05) is 0 Å². The third-order valence-electron chi connectivity index (χ3n) is 9.50. The molecule has 3 aliphatic heterocycles. The number of aliphatic hydroxyl groups excluding tert-OH is 3. The van der Waals surface area contributed by atoms with Gasteiger partial charge in [-0.3, -0.25) is 28.0 Å². The van der Waals surface area contributed by atoms with E-state index in [1.54, 1.807) is 24.3 Å². The molecule has 11 atom stereocenters. The molecule has 1 aromatic carbocycles. The van der Waals surface area contributed by atoms with Crippen LogP contribution in [0.15, 0.2) is 53.3 Å². The van der Waals surface area contributed by atoms with Crippen molar-refractivity contribution in [1.82, 2.24) is 29.4 Å². The molecule has 13 N–H and O–H groups in total. The van der Waals surface area contributed by atoms with Crippen LogP contribution in [-0.4, -0.2) is 121 Å². The van der Waals surface area contributed by atoms with Crippen molar-refractivity contribution < 1.29 is 85.2 Å². The summed E-state index contributed by atoms with van der Waals surface area (Å²) in [4.78, 5) is 58.3. The van der Waals surface area contributed by atoms with Crippen molar-refractivity contribution in [2.75, 3.05) is 25.6 Å². The Bertz CT molecular complexity index is 2610. The number of ether oxygens (including phenoxy) is 3. The molecule has 2 saturated heterocycles. The van der Waals surface area contributed by atoms with Gasteiger partial charge in [-0.25, -0.2) is 23.2 Å². The van der Waals surface area contributed by atoms with Gasteiger partial charge in [0.25, 0.3) is 11.5 Å². The number of hydrogen-bond donors (Lipinski definition) is 11. The van der Waals surface area contributed by atoms with Crippen LogP contribution in [0, 0.1) is 0 Å². The number of H-pyrrole nitrogens is 1. The fraction of sp³-hybridized carbons (Fsp3) is 0.433. The second-order valence-electron chi connectivity index (χ2n) is 14.0. The van der Waals surface area contributed by atoms with Crippen LogP contribution < -0.4 is 31.6 Å². The number of nitrogens with two attached hydrogens (primary N) is 2. The molecule has 7 rings (SSSR count). The summed E-state index contributed by atoms with van der Waals surface area (Å²) in [6, 6.07) is 6.49. The van der Waals surface area contributed by atoms with E-state index in [-0.39, 0.29) is 53.4 Å². The number of aromatic amines is 1. The molecule has 0 bridgehead atoms. The fourth-order valence-electron chi connectivity index (χ4n) is 6.66. The zero-order chi connectivity index (χ0) is 45.1. The Kier molecular flexibility index (Phi) is 12.6. The summed E-state index contributed by atoms with van der Waals surface area (Å²) in [5, 5.41) is 46.8. The summed E-state index contributed by atoms with van der Waals surface area (Å²) in [5.41, 5.74) is 8.94. The van der Waals surface area contributed by atoms with Gasteiger partial charge in [0.1, 0.15) is 60.7 Å². The molecule has 3 aromatic heterocycles. The first-order chi connectivity index (χ1) is 28.9. The summed E-state index contributed by atoms with van der Waals surface area (Å²) in [6.07, 6.45) is -9.13. The quantitative estimate of drug-likeness (QED) is 0.0461. The fourth-order valence-corrected chi connectivity index (χ4v) is 10.3. The monoisotopic (exact) mass is 955 g/mol. The van der Waals surface area contributed by atoms with Gasteiger partial charge in [0, 0.05) is 5.02 Å². The maximum atomic E-state index is 13.0. The van der Waals surface area contributed by atoms with Crippen molar-refractivity contribution in [3.05, 3.63) is 64.6 Å². The number of halogens is 1. The van der Waals surface area contributed by atoms with Crippen LogP contribution in [0.2, 0.25) is 5.02 Å². The number of imidazole rings is 2. The van der Waals surface area contributed by atoms with Crippen LogP contribution in [0.25, 0.3) is 16.9 Å². The Labute approximate surface area is 352 Å². The van der Waals surface area contributed by atoms with Gasteiger partial charge < -0.3 is 66.1 Å². The number of anilines is 1. The number of phosphoric acid groups is 3. The molecule has 28 nitrogen and oxygen atoms in total. The molecule has 0 amide bonds. The van der Waals surface area contributed by atoms with Crippen LogP contribution >= 0.6 is 35.1 Å². The van der Waals surface area contributed by atoms with Gasteiger partial charge in [0.2, 0.25) is 11.7 Å². The van der Waals surface area contributed by atoms with E-state index >= 15 is 0 Å². The van der Waals surface area contributed by atoms with Crippen LogP contribution in [0.3, 0.4) is 0 Å². The molecule has 3 aliphatic rings. The Morgan fingerprint density at radius 2 is 1.65 bits per heavy atom. The summed E-state index contributed by atoms with van der Waals surface area (Å²) in [5.74, 6) is 0.179. The largest absolute Gasteiger partial charge is 0.490 e. The second-order valence-corrected chi connectivity index (χ2v) is 19.0. The van der Waals surface area contributed by atoms with Crippen LogP contribution in [-0.2, 0) is 47.4 Å². The van der Waals surface area contributed by atoms with Gasteiger partial charge in [-0.15, -0.1) is 0 Å². The normalized spacial score (nSPS) is 29.1. The first kappa shape index (κ1) is 45.9. The summed E-state index contributed by atoms with van der Waals surface area (Å²) in [6.45, 7) is 2.76. The Morgan fingerprint density at radius 3 is 2.31 bits per heavy atom. The summed E-state index contributed by atoms with van der Waals surface area (Å²) >= 11 is 5.92. The molecular weight excluding hydrogens is 917 g/mol. The molecule has 6 heterocycles. The Balaban J connectivity index is 0.965. The molecule has 2 fully saturated rings. The smallest absolute Gasteiger partial charge is 0.490 e. The summed E-state index contributed by atoms with van der Waals surface area (Å²) in [7, 11) is -17.5. The lowest BCUT2D eigenvalue weighted by molar-refractivity contribution is -0.752. The number of rotatable bonds is 16. The molecule has 0 spiro atoms. The molecule has 0 radical (unpaired) electrons. The van der Waals surface area contributed by atoms with Gasteiger partial charge in [0.15, 0.2) is 24.3 Å². The van der Waals surface area contributed by atoms with E-state index in [1.165, 1.54) is 21.8 Å². The van der Waals surface area contributed by atoms with Crippen molar-refractivity contribution in [2.24, 2.45) is 10.7 Å². The Hall–Kier alpha value is -4.15. The minimum Gasteiger partial charge on any atom is -0.490 e. The van der Waals surface area contributed by atoms with Crippen molar-refractivity contribution in [1.29, 1.82) is 0 Å². The van der Waals surface area contributed by atoms with Crippen molar-refractivity contribution in [3.8, 4) is 5.75 Å². The van der Waals surface area contributed by atoms with E-state index in [0.717, 1.165) is 11.5 Å². The molecule has 4 aromatic rings. The number of benzene rings is 1.